The molecule has 10 heteroatoms. The van der Waals surface area contributed by atoms with Crippen LogP contribution in [0.5, 0.6) is 11.5 Å². The highest BCUT2D eigenvalue weighted by molar-refractivity contribution is 6.01. The predicted octanol–water partition coefficient (Wildman–Crippen LogP) is 6.67. The monoisotopic (exact) mass is 684 g/mol. The maximum atomic E-state index is 12.9. The predicted molar refractivity (Wildman–Crippen MR) is 193 cm³/mol. The van der Waals surface area contributed by atoms with Gasteiger partial charge >= 0.3 is 11.9 Å². The number of benzene rings is 4. The molecule has 0 radical (unpaired) electrons. The zero-order chi connectivity index (χ0) is 36.5. The Kier molecular flexibility index (Phi) is 15.5. The molecule has 2 N–H and O–H groups in total. The first kappa shape index (κ1) is 39.3. The van der Waals surface area contributed by atoms with Crippen LogP contribution in [0.4, 0.5) is 0 Å². The number of nitrogens with one attached hydrogen (secondary N) is 1. The summed E-state index contributed by atoms with van der Waals surface area (Å²) in [7, 11) is 4.41. The summed E-state index contributed by atoms with van der Waals surface area (Å²) in [6, 6.07) is 28.9. The lowest BCUT2D eigenvalue weighted by Crippen LogP contribution is -2.34. The number of carbonyl (C=O) groups is 3. The first-order chi connectivity index (χ1) is 24.2. The van der Waals surface area contributed by atoms with Gasteiger partial charge in [-0.2, -0.15) is 0 Å². The molecular formula is C40H48N2O8. The van der Waals surface area contributed by atoms with Crippen molar-refractivity contribution < 1.29 is 38.4 Å². The number of carbonyl (C=O) groups excluding carboxylic acids is 2. The lowest BCUT2D eigenvalue weighted by molar-refractivity contribution is 0.0117. The van der Waals surface area contributed by atoms with Gasteiger partial charge in [0.1, 0.15) is 17.1 Å². The molecule has 0 saturated carbocycles. The van der Waals surface area contributed by atoms with Crippen LogP contribution in [-0.4, -0.2) is 82.0 Å². The average Bonchev–Trinajstić information content (AvgIpc) is 3.17. The quantitative estimate of drug-likeness (QED) is 0.0757. The van der Waals surface area contributed by atoms with Gasteiger partial charge in [0.15, 0.2) is 0 Å². The topological polar surface area (TPSA) is 124 Å². The van der Waals surface area contributed by atoms with Gasteiger partial charge in [-0.05, 0) is 85.2 Å². The highest BCUT2D eigenvalue weighted by Crippen LogP contribution is 2.41. The van der Waals surface area contributed by atoms with Gasteiger partial charge < -0.3 is 34.3 Å². The first-order valence-electron chi connectivity index (χ1n) is 16.6. The van der Waals surface area contributed by atoms with Crippen molar-refractivity contribution >= 4 is 17.8 Å². The van der Waals surface area contributed by atoms with E-state index < -0.39 is 23.4 Å². The van der Waals surface area contributed by atoms with Gasteiger partial charge in [-0.3, -0.25) is 4.79 Å². The van der Waals surface area contributed by atoms with Crippen molar-refractivity contribution in [3.8, 4) is 11.5 Å². The number of hydrogen-bond acceptors (Lipinski definition) is 8. The minimum atomic E-state index is -1.26. The molecule has 50 heavy (non-hydrogen) atoms. The van der Waals surface area contributed by atoms with Crippen LogP contribution in [0, 0.1) is 0 Å². The number of aromatic carboxylic acids is 1. The van der Waals surface area contributed by atoms with Gasteiger partial charge in [-0.25, -0.2) is 9.59 Å². The molecule has 4 aromatic rings. The summed E-state index contributed by atoms with van der Waals surface area (Å²) in [6.07, 6.45) is 0.440. The standard InChI is InChI=1S/C34H33NO8.C6H15N/c1-40-29-14-10-27(11-15-29)34(26-8-5-4-6-9-26,28-12-16-30(41-2)17-13-28)43-19-7-18-35-31(36)23-20-24(32(37)38)22-25(21-23)33(39)42-3;1-4-7(5-2)6-3/h4-6,8-17,20-22H,7,18-19H2,1-3H3,(H,35,36)(H,37,38);4-6H2,1-3H3. The molecule has 0 bridgehead atoms. The number of ether oxygens (including phenoxy) is 4. The van der Waals surface area contributed by atoms with Crippen LogP contribution in [-0.2, 0) is 15.1 Å². The second-order valence-electron chi connectivity index (χ2n) is 11.2. The van der Waals surface area contributed by atoms with E-state index in [9.17, 15) is 19.5 Å². The molecule has 0 saturated heterocycles. The van der Waals surface area contributed by atoms with Crippen molar-refractivity contribution in [2.45, 2.75) is 32.8 Å². The molecule has 0 aliphatic rings. The Morgan fingerprint density at radius 1 is 0.680 bits per heavy atom. The van der Waals surface area contributed by atoms with Crippen LogP contribution in [0.2, 0.25) is 0 Å². The molecule has 266 valence electrons. The van der Waals surface area contributed by atoms with Crippen LogP contribution in [0.25, 0.3) is 0 Å². The Morgan fingerprint density at radius 3 is 1.60 bits per heavy atom. The van der Waals surface area contributed by atoms with Crippen molar-refractivity contribution in [1.82, 2.24) is 10.2 Å². The SMILES string of the molecule is CCN(CC)CC.COC(=O)c1cc(C(=O)O)cc(C(=O)NCCCOC(c2ccccc2)(c2ccc(OC)cc2)c2ccc(OC)cc2)c1. The van der Waals surface area contributed by atoms with Crippen LogP contribution in [0.3, 0.4) is 0 Å². The van der Waals surface area contributed by atoms with Crippen molar-refractivity contribution in [1.29, 1.82) is 0 Å². The number of methoxy groups -OCH3 is 3. The summed E-state index contributed by atoms with van der Waals surface area (Å²) in [5, 5.41) is 12.2. The van der Waals surface area contributed by atoms with E-state index in [2.05, 4.69) is 31.0 Å². The number of rotatable bonds is 16. The average molecular weight is 685 g/mol. The number of esters is 1. The van der Waals surface area contributed by atoms with Gasteiger partial charge in [0.05, 0.1) is 39.1 Å². The summed E-state index contributed by atoms with van der Waals surface area (Å²) in [6.45, 7) is 10.6. The molecule has 0 aliphatic carbocycles. The molecule has 0 spiro atoms. The summed E-state index contributed by atoms with van der Waals surface area (Å²) < 4.78 is 22.2. The summed E-state index contributed by atoms with van der Waals surface area (Å²) in [5.41, 5.74) is 1.51. The van der Waals surface area contributed by atoms with Crippen LogP contribution in [0.15, 0.2) is 97.1 Å². The highest BCUT2D eigenvalue weighted by atomic mass is 16.5. The fraction of sp³-hybridized carbons (Fsp3) is 0.325. The van der Waals surface area contributed by atoms with E-state index in [1.165, 1.54) is 44.9 Å². The largest absolute Gasteiger partial charge is 0.497 e. The number of carboxylic acids is 1. The Morgan fingerprint density at radius 2 is 1.16 bits per heavy atom. The summed E-state index contributed by atoms with van der Waals surface area (Å²) in [5.74, 6) is -1.09. The molecule has 0 aromatic heterocycles. The minimum Gasteiger partial charge on any atom is -0.497 e. The van der Waals surface area contributed by atoms with Gasteiger partial charge in [-0.1, -0.05) is 75.4 Å². The van der Waals surface area contributed by atoms with Crippen LogP contribution >= 0.6 is 0 Å². The first-order valence-corrected chi connectivity index (χ1v) is 16.6. The fourth-order valence-electron chi connectivity index (χ4n) is 5.46. The Balaban J connectivity index is 0.000000872. The van der Waals surface area contributed by atoms with E-state index in [0.717, 1.165) is 16.7 Å². The van der Waals surface area contributed by atoms with E-state index >= 15 is 0 Å². The van der Waals surface area contributed by atoms with Gasteiger partial charge in [0.25, 0.3) is 5.91 Å². The Labute approximate surface area is 294 Å². The molecule has 0 fully saturated rings. The smallest absolute Gasteiger partial charge is 0.337 e. The number of amides is 1. The molecule has 0 aliphatic heterocycles. The molecule has 1 amide bonds. The third-order valence-electron chi connectivity index (χ3n) is 8.30. The lowest BCUT2D eigenvalue weighted by Gasteiger charge is -2.36. The van der Waals surface area contributed by atoms with Crippen molar-refractivity contribution in [2.75, 3.05) is 54.1 Å². The second-order valence-corrected chi connectivity index (χ2v) is 11.2. The van der Waals surface area contributed by atoms with E-state index in [1.807, 2.05) is 78.9 Å². The van der Waals surface area contributed by atoms with Crippen LogP contribution in [0.1, 0.15) is 75.0 Å². The summed E-state index contributed by atoms with van der Waals surface area (Å²) >= 11 is 0. The Hall–Kier alpha value is -5.19. The lowest BCUT2D eigenvalue weighted by atomic mass is 9.80. The zero-order valence-electron chi connectivity index (χ0n) is 29.7. The summed E-state index contributed by atoms with van der Waals surface area (Å²) in [4.78, 5) is 38.8. The van der Waals surface area contributed by atoms with Crippen molar-refractivity contribution in [3.05, 3.63) is 130 Å². The van der Waals surface area contributed by atoms with Crippen molar-refractivity contribution in [3.63, 3.8) is 0 Å². The molecular weight excluding hydrogens is 636 g/mol. The zero-order valence-corrected chi connectivity index (χ0v) is 29.7. The number of nitrogens with zero attached hydrogens (tertiary/aromatic N) is 1. The van der Waals surface area contributed by atoms with Crippen LogP contribution < -0.4 is 14.8 Å². The maximum absolute atomic E-state index is 12.9. The normalized spacial score (nSPS) is 10.9. The molecule has 0 unspecified atom stereocenters. The van der Waals surface area contributed by atoms with E-state index in [4.69, 9.17) is 18.9 Å². The minimum absolute atomic E-state index is 0.0255. The fourth-order valence-corrected chi connectivity index (χ4v) is 5.46. The maximum Gasteiger partial charge on any atom is 0.337 e. The van der Waals surface area contributed by atoms with E-state index in [1.54, 1.807) is 14.2 Å². The van der Waals surface area contributed by atoms with Gasteiger partial charge in [0, 0.05) is 12.1 Å². The number of carboxylic acid groups (broad SMARTS) is 1. The molecule has 4 aromatic carbocycles. The van der Waals surface area contributed by atoms with Crippen molar-refractivity contribution in [2.24, 2.45) is 0 Å². The van der Waals surface area contributed by atoms with Gasteiger partial charge in [0.2, 0.25) is 0 Å². The highest BCUT2D eigenvalue weighted by Gasteiger charge is 2.37. The molecule has 0 atom stereocenters. The van der Waals surface area contributed by atoms with Gasteiger partial charge in [-0.15, -0.1) is 0 Å². The molecule has 10 nitrogen and oxygen atoms in total. The molecule has 0 heterocycles. The molecule has 4 rings (SSSR count). The van der Waals surface area contributed by atoms with E-state index in [-0.39, 0.29) is 29.8 Å². The third-order valence-corrected chi connectivity index (χ3v) is 8.30. The van der Waals surface area contributed by atoms with E-state index in [0.29, 0.717) is 17.9 Å². The number of hydrogen-bond donors (Lipinski definition) is 2. The second kappa shape index (κ2) is 19.7. The third kappa shape index (κ3) is 10.2. The Bertz CT molecular complexity index is 1600.